The van der Waals surface area contributed by atoms with Gasteiger partial charge in [0.25, 0.3) is 5.56 Å². The Bertz CT molecular complexity index is 816. The van der Waals surface area contributed by atoms with Crippen molar-refractivity contribution >= 4 is 22.6 Å². The molecule has 0 aliphatic heterocycles. The molecular weight excluding hydrogens is 234 g/mol. The van der Waals surface area contributed by atoms with Gasteiger partial charge in [-0.05, 0) is 24.3 Å². The highest BCUT2D eigenvalue weighted by molar-refractivity contribution is 5.77. The summed E-state index contributed by atoms with van der Waals surface area (Å²) in [7, 11) is 0. The van der Waals surface area contributed by atoms with Gasteiger partial charge in [0.05, 0.1) is 5.52 Å². The molecule has 0 atom stereocenters. The summed E-state index contributed by atoms with van der Waals surface area (Å²) in [5.74, 6) is -1.07. The highest BCUT2D eigenvalue weighted by Crippen LogP contribution is 2.12. The lowest BCUT2D eigenvalue weighted by Crippen LogP contribution is -2.26. The molecule has 0 unspecified atom stereocenters. The van der Waals surface area contributed by atoms with E-state index in [2.05, 4.69) is 4.98 Å². The number of hydrogen-bond donors (Lipinski definition) is 1. The fourth-order valence-corrected chi connectivity index (χ4v) is 2.07. The van der Waals surface area contributed by atoms with Crippen LogP contribution in [0.25, 0.3) is 16.7 Å². The molecule has 3 rings (SSSR count). The van der Waals surface area contributed by atoms with Crippen LogP contribution in [0.2, 0.25) is 0 Å². The van der Waals surface area contributed by atoms with E-state index in [1.807, 2.05) is 0 Å². The molecule has 18 heavy (non-hydrogen) atoms. The van der Waals surface area contributed by atoms with Crippen molar-refractivity contribution in [3.05, 3.63) is 47.0 Å². The number of hydrogen-bond acceptors (Lipinski definition) is 3. The first-order chi connectivity index (χ1) is 8.68. The lowest BCUT2D eigenvalue weighted by molar-refractivity contribution is -0.137. The van der Waals surface area contributed by atoms with E-state index < -0.39 is 12.5 Å². The maximum Gasteiger partial charge on any atom is 0.323 e. The molecule has 0 aliphatic rings. The van der Waals surface area contributed by atoms with E-state index in [-0.39, 0.29) is 5.56 Å². The topological polar surface area (TPSA) is 76.6 Å². The molecule has 0 saturated carbocycles. The normalized spacial score (nSPS) is 11.1. The van der Waals surface area contributed by atoms with Gasteiger partial charge in [-0.15, -0.1) is 0 Å². The number of fused-ring (bicyclic) bond motifs is 3. The number of nitrogens with zero attached hydrogens (tertiary/aromatic N) is 3. The van der Waals surface area contributed by atoms with Gasteiger partial charge in [-0.25, -0.2) is 4.98 Å². The Balaban J connectivity index is 2.53. The molecule has 0 saturated heterocycles. The van der Waals surface area contributed by atoms with Gasteiger partial charge in [0.2, 0.25) is 0 Å². The van der Waals surface area contributed by atoms with E-state index in [0.29, 0.717) is 16.7 Å². The molecule has 3 heterocycles. The summed E-state index contributed by atoms with van der Waals surface area (Å²) in [6.07, 6.45) is 3.29. The number of carboxylic acids is 1. The van der Waals surface area contributed by atoms with Gasteiger partial charge < -0.3 is 9.51 Å². The first kappa shape index (κ1) is 10.5. The van der Waals surface area contributed by atoms with Crippen molar-refractivity contribution in [2.45, 2.75) is 6.54 Å². The van der Waals surface area contributed by atoms with E-state index >= 15 is 0 Å². The van der Waals surface area contributed by atoms with Crippen LogP contribution in [0.1, 0.15) is 0 Å². The highest BCUT2D eigenvalue weighted by atomic mass is 16.4. The number of carbonyl (C=O) groups is 1. The van der Waals surface area contributed by atoms with Crippen molar-refractivity contribution in [1.29, 1.82) is 0 Å². The van der Waals surface area contributed by atoms with Crippen LogP contribution in [0.4, 0.5) is 0 Å². The largest absolute Gasteiger partial charge is 0.480 e. The van der Waals surface area contributed by atoms with Crippen LogP contribution in [-0.4, -0.2) is 25.0 Å². The summed E-state index contributed by atoms with van der Waals surface area (Å²) in [6, 6.07) is 6.95. The molecule has 1 N–H and O–H groups in total. The minimum Gasteiger partial charge on any atom is -0.480 e. The summed E-state index contributed by atoms with van der Waals surface area (Å²) in [4.78, 5) is 27.1. The Labute approximate surface area is 101 Å². The molecule has 0 fully saturated rings. The van der Waals surface area contributed by atoms with Crippen LogP contribution in [-0.2, 0) is 11.3 Å². The van der Waals surface area contributed by atoms with E-state index in [4.69, 9.17) is 5.11 Å². The van der Waals surface area contributed by atoms with Crippen molar-refractivity contribution in [2.24, 2.45) is 0 Å². The van der Waals surface area contributed by atoms with Crippen molar-refractivity contribution in [1.82, 2.24) is 14.0 Å². The SMILES string of the molecule is O=C(O)Cn1c(=O)c2cccn2c2cccnc21. The first-order valence-electron chi connectivity index (χ1n) is 5.35. The third-order valence-electron chi connectivity index (χ3n) is 2.79. The molecule has 90 valence electrons. The second-order valence-corrected chi connectivity index (χ2v) is 3.89. The zero-order valence-corrected chi connectivity index (χ0v) is 9.28. The Morgan fingerprint density at radius 1 is 1.28 bits per heavy atom. The first-order valence-corrected chi connectivity index (χ1v) is 5.35. The summed E-state index contributed by atoms with van der Waals surface area (Å²) in [5, 5.41) is 8.88. The third kappa shape index (κ3) is 1.39. The van der Waals surface area contributed by atoms with E-state index in [1.54, 1.807) is 34.9 Å². The minimum absolute atomic E-state index is 0.353. The van der Waals surface area contributed by atoms with Gasteiger partial charge in [-0.1, -0.05) is 0 Å². The van der Waals surface area contributed by atoms with Crippen molar-refractivity contribution < 1.29 is 9.90 Å². The highest BCUT2D eigenvalue weighted by Gasteiger charge is 2.12. The molecule has 0 amide bonds. The van der Waals surface area contributed by atoms with Crippen LogP contribution in [0.15, 0.2) is 41.5 Å². The van der Waals surface area contributed by atoms with Crippen LogP contribution in [0.3, 0.4) is 0 Å². The lowest BCUT2D eigenvalue weighted by Gasteiger charge is -2.09. The fraction of sp³-hybridized carbons (Fsp3) is 0.0833. The van der Waals surface area contributed by atoms with Crippen molar-refractivity contribution in [2.75, 3.05) is 0 Å². The smallest absolute Gasteiger partial charge is 0.323 e. The maximum atomic E-state index is 12.2. The predicted molar refractivity (Wildman–Crippen MR) is 64.6 cm³/mol. The van der Waals surface area contributed by atoms with E-state index in [0.717, 1.165) is 0 Å². The van der Waals surface area contributed by atoms with E-state index in [1.165, 1.54) is 10.8 Å². The minimum atomic E-state index is -1.07. The maximum absolute atomic E-state index is 12.2. The zero-order valence-electron chi connectivity index (χ0n) is 9.28. The average Bonchev–Trinajstić information content (AvgIpc) is 2.83. The Morgan fingerprint density at radius 2 is 2.06 bits per heavy atom. The van der Waals surface area contributed by atoms with Gasteiger partial charge in [0, 0.05) is 12.4 Å². The Kier molecular flexibility index (Phi) is 2.16. The van der Waals surface area contributed by atoms with Crippen LogP contribution < -0.4 is 5.56 Å². The molecule has 0 radical (unpaired) electrons. The number of rotatable bonds is 2. The number of aliphatic carboxylic acids is 1. The lowest BCUT2D eigenvalue weighted by atomic mass is 10.3. The molecule has 0 bridgehead atoms. The van der Waals surface area contributed by atoms with Gasteiger partial charge in [0.1, 0.15) is 12.1 Å². The van der Waals surface area contributed by atoms with Crippen molar-refractivity contribution in [3.8, 4) is 0 Å². The third-order valence-corrected chi connectivity index (χ3v) is 2.79. The van der Waals surface area contributed by atoms with Crippen molar-refractivity contribution in [3.63, 3.8) is 0 Å². The molecule has 6 nitrogen and oxygen atoms in total. The molecular formula is C12H9N3O3. The second kappa shape index (κ2) is 3.69. The average molecular weight is 243 g/mol. The Hall–Kier alpha value is -2.63. The molecule has 0 aliphatic carbocycles. The molecule has 0 aromatic carbocycles. The van der Waals surface area contributed by atoms with Crippen LogP contribution in [0, 0.1) is 0 Å². The zero-order chi connectivity index (χ0) is 12.7. The number of aromatic nitrogens is 3. The van der Waals surface area contributed by atoms with Crippen LogP contribution in [0.5, 0.6) is 0 Å². The van der Waals surface area contributed by atoms with Gasteiger partial charge in [-0.3, -0.25) is 14.2 Å². The van der Waals surface area contributed by atoms with Gasteiger partial charge in [0.15, 0.2) is 5.65 Å². The van der Waals surface area contributed by atoms with Gasteiger partial charge in [-0.2, -0.15) is 0 Å². The van der Waals surface area contributed by atoms with Crippen LogP contribution >= 0.6 is 0 Å². The monoisotopic (exact) mass is 243 g/mol. The molecule has 3 aromatic rings. The Morgan fingerprint density at radius 3 is 2.83 bits per heavy atom. The standard InChI is InChI=1S/C12H9N3O3/c16-10(17)7-15-11-8(3-1-5-13-11)14-6-2-4-9(14)12(15)18/h1-6H,7H2,(H,16,17). The molecule has 6 heteroatoms. The summed E-state index contributed by atoms with van der Waals surface area (Å²) in [6.45, 7) is -0.395. The second-order valence-electron chi connectivity index (χ2n) is 3.89. The summed E-state index contributed by atoms with van der Waals surface area (Å²) < 4.78 is 2.88. The predicted octanol–water partition coefficient (Wildman–Crippen LogP) is 0.734. The number of pyridine rings is 1. The molecule has 3 aromatic heterocycles. The van der Waals surface area contributed by atoms with E-state index in [9.17, 15) is 9.59 Å². The van der Waals surface area contributed by atoms with Gasteiger partial charge >= 0.3 is 5.97 Å². The fourth-order valence-electron chi connectivity index (χ4n) is 2.07. The quantitative estimate of drug-likeness (QED) is 0.720. The summed E-state index contributed by atoms with van der Waals surface area (Å²) >= 11 is 0. The number of carboxylic acid groups (broad SMARTS) is 1. The summed E-state index contributed by atoms with van der Waals surface area (Å²) in [5.41, 5.74) is 1.16. The molecule has 0 spiro atoms.